The molecule has 3 aliphatic heterocycles. The van der Waals surface area contributed by atoms with Crippen molar-refractivity contribution in [1.29, 1.82) is 0 Å². The second kappa shape index (κ2) is 5.29. The summed E-state index contributed by atoms with van der Waals surface area (Å²) < 4.78 is 10.8. The molecular formula is C16H23NO6. The van der Waals surface area contributed by atoms with Crippen molar-refractivity contribution in [1.82, 2.24) is 4.90 Å². The molecule has 7 heteroatoms. The predicted octanol–water partition coefficient (Wildman–Crippen LogP) is -0.393. The summed E-state index contributed by atoms with van der Waals surface area (Å²) in [6.45, 7) is 5.41. The van der Waals surface area contributed by atoms with Gasteiger partial charge in [-0.3, -0.25) is 9.69 Å². The first-order valence-corrected chi connectivity index (χ1v) is 7.91. The first kappa shape index (κ1) is 16.4. The van der Waals surface area contributed by atoms with Crippen LogP contribution in [-0.4, -0.2) is 70.1 Å². The fourth-order valence-corrected chi connectivity index (χ4v) is 3.52. The van der Waals surface area contributed by atoms with E-state index in [-0.39, 0.29) is 18.8 Å². The Morgan fingerprint density at radius 1 is 1.30 bits per heavy atom. The van der Waals surface area contributed by atoms with Crippen molar-refractivity contribution in [3.63, 3.8) is 0 Å². The number of rotatable bonds is 0. The standard InChI is InChI=1S/C16H23NO6/c1-9-13(18)23-11-5-7-17-6-4-10(12(11)17)8-22-14(19)16(3,21)15(9,2)20/h4,9,11-12,20-21H,5-8H2,1-3H3/t9-,11-,12+,15+,16+/m0/s1. The van der Waals surface area contributed by atoms with Crippen LogP contribution in [-0.2, 0) is 19.1 Å². The Labute approximate surface area is 134 Å². The zero-order valence-corrected chi connectivity index (χ0v) is 13.6. The van der Waals surface area contributed by atoms with E-state index in [1.165, 1.54) is 13.8 Å². The SMILES string of the molecule is C[C@H]1C(=O)O[C@H]2CCN3CC=C(COC(=O)[C@@](C)(O)[C@]1(C)O)[C@H]23. The molecule has 0 spiro atoms. The van der Waals surface area contributed by atoms with Crippen LogP contribution in [0.15, 0.2) is 11.6 Å². The number of hydrogen-bond donors (Lipinski definition) is 2. The molecule has 0 amide bonds. The maximum absolute atomic E-state index is 12.4. The van der Waals surface area contributed by atoms with Crippen molar-refractivity contribution in [2.75, 3.05) is 19.7 Å². The van der Waals surface area contributed by atoms with E-state index < -0.39 is 29.1 Å². The quantitative estimate of drug-likeness (QED) is 0.462. The lowest BCUT2D eigenvalue weighted by Crippen LogP contribution is -2.61. The van der Waals surface area contributed by atoms with Crippen molar-refractivity contribution in [3.05, 3.63) is 11.6 Å². The number of nitrogens with zero attached hydrogens (tertiary/aromatic N) is 1. The molecule has 0 bridgehead atoms. The van der Waals surface area contributed by atoms with E-state index in [0.29, 0.717) is 6.42 Å². The van der Waals surface area contributed by atoms with Crippen LogP contribution in [0, 0.1) is 5.92 Å². The fraction of sp³-hybridized carbons (Fsp3) is 0.750. The molecule has 3 rings (SSSR count). The molecule has 2 fully saturated rings. The van der Waals surface area contributed by atoms with Gasteiger partial charge in [0, 0.05) is 13.1 Å². The number of aliphatic hydroxyl groups is 2. The Balaban J connectivity index is 1.97. The van der Waals surface area contributed by atoms with Crippen LogP contribution in [0.2, 0.25) is 0 Å². The molecule has 5 atom stereocenters. The van der Waals surface area contributed by atoms with E-state index in [2.05, 4.69) is 4.90 Å². The van der Waals surface area contributed by atoms with E-state index in [1.54, 1.807) is 0 Å². The number of carbonyl (C=O) groups is 2. The molecule has 0 radical (unpaired) electrons. The Bertz CT molecular complexity index is 567. The highest BCUT2D eigenvalue weighted by Gasteiger charge is 2.56. The van der Waals surface area contributed by atoms with Gasteiger partial charge in [-0.15, -0.1) is 0 Å². The molecule has 128 valence electrons. The maximum Gasteiger partial charge on any atom is 0.341 e. The lowest BCUT2D eigenvalue weighted by Gasteiger charge is -2.39. The topological polar surface area (TPSA) is 96.3 Å². The maximum atomic E-state index is 12.4. The average Bonchev–Trinajstić information content (AvgIpc) is 3.06. The van der Waals surface area contributed by atoms with Crippen LogP contribution >= 0.6 is 0 Å². The molecule has 3 heterocycles. The molecule has 0 saturated carbocycles. The molecule has 2 N–H and O–H groups in total. The highest BCUT2D eigenvalue weighted by atomic mass is 16.6. The zero-order chi connectivity index (χ0) is 17.0. The van der Waals surface area contributed by atoms with Gasteiger partial charge in [0.1, 0.15) is 18.3 Å². The molecule has 0 unspecified atom stereocenters. The number of hydrogen-bond acceptors (Lipinski definition) is 7. The van der Waals surface area contributed by atoms with Gasteiger partial charge in [-0.05, 0) is 32.8 Å². The van der Waals surface area contributed by atoms with Crippen LogP contribution in [0.1, 0.15) is 27.2 Å². The lowest BCUT2D eigenvalue weighted by atomic mass is 9.76. The van der Waals surface area contributed by atoms with Gasteiger partial charge in [-0.2, -0.15) is 0 Å². The first-order chi connectivity index (χ1) is 10.7. The van der Waals surface area contributed by atoms with Gasteiger partial charge >= 0.3 is 11.9 Å². The fourth-order valence-electron chi connectivity index (χ4n) is 3.52. The minimum atomic E-state index is -2.22. The van der Waals surface area contributed by atoms with Gasteiger partial charge in [0.15, 0.2) is 5.60 Å². The number of cyclic esters (lactones) is 1. The van der Waals surface area contributed by atoms with Crippen LogP contribution in [0.3, 0.4) is 0 Å². The third-order valence-electron chi connectivity index (χ3n) is 5.63. The van der Waals surface area contributed by atoms with Crippen molar-refractivity contribution in [2.24, 2.45) is 5.92 Å². The second-order valence-electron chi connectivity index (χ2n) is 7.00. The average molecular weight is 325 g/mol. The third-order valence-corrected chi connectivity index (χ3v) is 5.63. The van der Waals surface area contributed by atoms with Crippen LogP contribution in [0.25, 0.3) is 0 Å². The van der Waals surface area contributed by atoms with Crippen LogP contribution in [0.4, 0.5) is 0 Å². The smallest absolute Gasteiger partial charge is 0.341 e. The Hall–Kier alpha value is -1.44. The summed E-state index contributed by atoms with van der Waals surface area (Å²) in [5, 5.41) is 21.1. The summed E-state index contributed by atoms with van der Waals surface area (Å²) in [6, 6.07) is -0.0908. The van der Waals surface area contributed by atoms with Crippen molar-refractivity contribution in [2.45, 2.75) is 50.5 Å². The highest BCUT2D eigenvalue weighted by Crippen LogP contribution is 2.36. The Morgan fingerprint density at radius 2 is 2.00 bits per heavy atom. The summed E-state index contributed by atoms with van der Waals surface area (Å²) >= 11 is 0. The Kier molecular flexibility index (Phi) is 3.78. The minimum Gasteiger partial charge on any atom is -0.460 e. The molecular weight excluding hydrogens is 302 g/mol. The van der Waals surface area contributed by atoms with Gasteiger partial charge in [-0.25, -0.2) is 4.79 Å². The highest BCUT2D eigenvalue weighted by molar-refractivity contribution is 5.83. The Morgan fingerprint density at radius 3 is 2.70 bits per heavy atom. The third kappa shape index (κ3) is 2.38. The van der Waals surface area contributed by atoms with Crippen molar-refractivity contribution < 1.29 is 29.3 Å². The van der Waals surface area contributed by atoms with Crippen LogP contribution in [0.5, 0.6) is 0 Å². The molecule has 0 aromatic carbocycles. The molecule has 0 aromatic heterocycles. The molecule has 0 aromatic rings. The summed E-state index contributed by atoms with van der Waals surface area (Å²) in [7, 11) is 0. The number of ether oxygens (including phenoxy) is 2. The largest absolute Gasteiger partial charge is 0.460 e. The van der Waals surface area contributed by atoms with Gasteiger partial charge in [0.25, 0.3) is 0 Å². The molecule has 23 heavy (non-hydrogen) atoms. The van der Waals surface area contributed by atoms with Gasteiger partial charge in [-0.1, -0.05) is 6.08 Å². The predicted molar refractivity (Wildman–Crippen MR) is 79.3 cm³/mol. The molecule has 0 aliphatic carbocycles. The zero-order valence-electron chi connectivity index (χ0n) is 13.6. The van der Waals surface area contributed by atoms with E-state index in [9.17, 15) is 19.8 Å². The lowest BCUT2D eigenvalue weighted by molar-refractivity contribution is -0.205. The monoisotopic (exact) mass is 325 g/mol. The normalized spacial score (nSPS) is 44.9. The second-order valence-corrected chi connectivity index (χ2v) is 7.00. The molecule has 2 saturated heterocycles. The van der Waals surface area contributed by atoms with Crippen molar-refractivity contribution >= 4 is 11.9 Å². The van der Waals surface area contributed by atoms with Gasteiger partial charge in [0.2, 0.25) is 0 Å². The summed E-state index contributed by atoms with van der Waals surface area (Å²) in [6.07, 6.45) is 2.34. The van der Waals surface area contributed by atoms with Crippen LogP contribution < -0.4 is 0 Å². The van der Waals surface area contributed by atoms with Gasteiger partial charge in [0.05, 0.1) is 12.0 Å². The molecule has 7 nitrogen and oxygen atoms in total. The molecule has 3 aliphatic rings. The first-order valence-electron chi connectivity index (χ1n) is 7.91. The number of esters is 2. The van der Waals surface area contributed by atoms with E-state index in [0.717, 1.165) is 25.6 Å². The summed E-state index contributed by atoms with van der Waals surface area (Å²) in [5.74, 6) is -2.65. The van der Waals surface area contributed by atoms with Crippen molar-refractivity contribution in [3.8, 4) is 0 Å². The number of carbonyl (C=O) groups excluding carboxylic acids is 2. The van der Waals surface area contributed by atoms with Gasteiger partial charge < -0.3 is 19.7 Å². The summed E-state index contributed by atoms with van der Waals surface area (Å²) in [4.78, 5) is 26.9. The van der Waals surface area contributed by atoms with E-state index >= 15 is 0 Å². The minimum absolute atomic E-state index is 0.0225. The summed E-state index contributed by atoms with van der Waals surface area (Å²) in [5.41, 5.74) is -3.35. The van der Waals surface area contributed by atoms with E-state index in [4.69, 9.17) is 9.47 Å². The van der Waals surface area contributed by atoms with E-state index in [1.807, 2.05) is 6.08 Å².